The highest BCUT2D eigenvalue weighted by Crippen LogP contribution is 2.03. The van der Waals surface area contributed by atoms with Gasteiger partial charge in [0.2, 0.25) is 5.91 Å². The number of hydrogen-bond acceptors (Lipinski definition) is 2. The molecule has 1 atom stereocenters. The van der Waals surface area contributed by atoms with E-state index < -0.39 is 0 Å². The molecule has 1 aliphatic heterocycles. The van der Waals surface area contributed by atoms with Crippen molar-refractivity contribution in [2.75, 3.05) is 13.2 Å². The summed E-state index contributed by atoms with van der Waals surface area (Å²) in [5.41, 5.74) is 0. The van der Waals surface area contributed by atoms with Crippen LogP contribution in [0.1, 0.15) is 26.2 Å². The lowest BCUT2D eigenvalue weighted by molar-refractivity contribution is -0.121. The Morgan fingerprint density at radius 1 is 1.73 bits per heavy atom. The smallest absolute Gasteiger partial charge is 0.220 e. The predicted molar refractivity (Wildman–Crippen MR) is 42.3 cm³/mol. The third kappa shape index (κ3) is 2.89. The zero-order valence-electron chi connectivity index (χ0n) is 6.93. The van der Waals surface area contributed by atoms with Crippen LogP contribution in [0.4, 0.5) is 0 Å². The van der Waals surface area contributed by atoms with Crippen molar-refractivity contribution in [3.8, 4) is 0 Å². The monoisotopic (exact) mass is 157 g/mol. The third-order valence-electron chi connectivity index (χ3n) is 1.77. The molecular formula is C8H15NO2. The molecule has 1 amide bonds. The third-order valence-corrected chi connectivity index (χ3v) is 1.77. The van der Waals surface area contributed by atoms with E-state index in [1.54, 1.807) is 0 Å². The van der Waals surface area contributed by atoms with E-state index in [1.165, 1.54) is 0 Å². The molecule has 1 aliphatic rings. The molecule has 11 heavy (non-hydrogen) atoms. The number of carbonyl (C=O) groups is 1. The molecule has 0 saturated carbocycles. The second kappa shape index (κ2) is 4.34. The first-order valence-corrected chi connectivity index (χ1v) is 4.20. The topological polar surface area (TPSA) is 38.3 Å². The Bertz CT molecular complexity index is 130. The zero-order chi connectivity index (χ0) is 8.10. The quantitative estimate of drug-likeness (QED) is 0.654. The first kappa shape index (κ1) is 8.53. The van der Waals surface area contributed by atoms with E-state index in [-0.39, 0.29) is 11.9 Å². The number of rotatable bonds is 3. The second-order valence-corrected chi connectivity index (χ2v) is 2.88. The van der Waals surface area contributed by atoms with Gasteiger partial charge in [-0.2, -0.15) is 0 Å². The summed E-state index contributed by atoms with van der Waals surface area (Å²) in [5.74, 6) is 0.156. The maximum absolute atomic E-state index is 11.0. The predicted octanol–water partition coefficient (Wildman–Crippen LogP) is 0.692. The fourth-order valence-corrected chi connectivity index (χ4v) is 1.18. The van der Waals surface area contributed by atoms with E-state index in [0.717, 1.165) is 19.4 Å². The molecule has 1 rings (SSSR count). The fraction of sp³-hybridized carbons (Fsp3) is 0.875. The van der Waals surface area contributed by atoms with Gasteiger partial charge >= 0.3 is 0 Å². The van der Waals surface area contributed by atoms with Crippen LogP contribution in [0.3, 0.4) is 0 Å². The molecule has 3 heteroatoms. The molecule has 0 aliphatic carbocycles. The van der Waals surface area contributed by atoms with Crippen molar-refractivity contribution in [3.05, 3.63) is 0 Å². The van der Waals surface area contributed by atoms with Gasteiger partial charge in [0.15, 0.2) is 0 Å². The summed E-state index contributed by atoms with van der Waals surface area (Å²) in [4.78, 5) is 11.0. The van der Waals surface area contributed by atoms with E-state index in [4.69, 9.17) is 4.74 Å². The van der Waals surface area contributed by atoms with Crippen LogP contribution in [0.25, 0.3) is 0 Å². The van der Waals surface area contributed by atoms with E-state index in [1.807, 2.05) is 6.92 Å². The maximum Gasteiger partial charge on any atom is 0.220 e. The Morgan fingerprint density at radius 2 is 2.55 bits per heavy atom. The van der Waals surface area contributed by atoms with Gasteiger partial charge in [-0.05, 0) is 12.8 Å². The van der Waals surface area contributed by atoms with Gasteiger partial charge in [0, 0.05) is 13.0 Å². The Hall–Kier alpha value is -0.570. The van der Waals surface area contributed by atoms with E-state index in [2.05, 4.69) is 5.32 Å². The molecule has 1 saturated heterocycles. The van der Waals surface area contributed by atoms with Crippen LogP contribution in [-0.2, 0) is 9.53 Å². The van der Waals surface area contributed by atoms with Crippen molar-refractivity contribution in [2.24, 2.45) is 0 Å². The van der Waals surface area contributed by atoms with Crippen molar-refractivity contribution in [1.82, 2.24) is 5.32 Å². The minimum atomic E-state index is 0.156. The van der Waals surface area contributed by atoms with Crippen molar-refractivity contribution in [3.63, 3.8) is 0 Å². The summed E-state index contributed by atoms with van der Waals surface area (Å²) in [7, 11) is 0. The Morgan fingerprint density at radius 3 is 3.09 bits per heavy atom. The van der Waals surface area contributed by atoms with Crippen molar-refractivity contribution < 1.29 is 9.53 Å². The number of amides is 1. The zero-order valence-corrected chi connectivity index (χ0v) is 6.93. The Kier molecular flexibility index (Phi) is 3.36. The summed E-state index contributed by atoms with van der Waals surface area (Å²) < 4.78 is 5.12. The van der Waals surface area contributed by atoms with Gasteiger partial charge in [0.05, 0.1) is 12.6 Å². The number of carbonyl (C=O) groups excluding carboxylic acids is 1. The number of nitrogens with one attached hydrogen (secondary N) is 1. The molecular weight excluding hydrogens is 142 g/mol. The molecule has 0 bridgehead atoms. The minimum absolute atomic E-state index is 0.156. The summed E-state index contributed by atoms with van der Waals surface area (Å²) >= 11 is 0. The lowest BCUT2D eigenvalue weighted by Crippen LogP contribution is -2.34. The molecule has 1 heterocycles. The highest BCUT2D eigenvalue weighted by atomic mass is 16.5. The molecule has 0 aromatic heterocycles. The first-order valence-electron chi connectivity index (χ1n) is 4.20. The van der Waals surface area contributed by atoms with Crippen LogP contribution in [0.2, 0.25) is 0 Å². The normalized spacial score (nSPS) is 23.5. The summed E-state index contributed by atoms with van der Waals surface area (Å²) in [6.45, 7) is 3.48. The molecule has 0 aromatic carbocycles. The van der Waals surface area contributed by atoms with E-state index in [9.17, 15) is 4.79 Å². The van der Waals surface area contributed by atoms with Crippen LogP contribution in [0, 0.1) is 0 Å². The minimum Gasteiger partial charge on any atom is -0.379 e. The van der Waals surface area contributed by atoms with Crippen LogP contribution >= 0.6 is 0 Å². The van der Waals surface area contributed by atoms with Crippen LogP contribution < -0.4 is 5.32 Å². The highest BCUT2D eigenvalue weighted by Gasteiger charge is 2.16. The van der Waals surface area contributed by atoms with Crippen LogP contribution in [-0.4, -0.2) is 25.2 Å². The summed E-state index contributed by atoms with van der Waals surface area (Å²) in [6, 6.07) is 0.272. The number of hydrogen-bond donors (Lipinski definition) is 1. The number of ether oxygens (including phenoxy) is 1. The van der Waals surface area contributed by atoms with E-state index >= 15 is 0 Å². The van der Waals surface area contributed by atoms with E-state index in [0.29, 0.717) is 13.0 Å². The highest BCUT2D eigenvalue weighted by molar-refractivity contribution is 5.76. The van der Waals surface area contributed by atoms with Crippen LogP contribution in [0.15, 0.2) is 0 Å². The van der Waals surface area contributed by atoms with Crippen LogP contribution in [0.5, 0.6) is 0 Å². The Balaban J connectivity index is 2.13. The molecule has 3 nitrogen and oxygen atoms in total. The van der Waals surface area contributed by atoms with Gasteiger partial charge in [-0.3, -0.25) is 4.79 Å². The maximum atomic E-state index is 11.0. The molecule has 64 valence electrons. The summed E-state index contributed by atoms with van der Waals surface area (Å²) in [5, 5.41) is 2.92. The van der Waals surface area contributed by atoms with Crippen molar-refractivity contribution >= 4 is 5.91 Å². The van der Waals surface area contributed by atoms with Gasteiger partial charge in [0.25, 0.3) is 0 Å². The van der Waals surface area contributed by atoms with Gasteiger partial charge in [-0.1, -0.05) is 6.92 Å². The molecule has 0 spiro atoms. The van der Waals surface area contributed by atoms with Gasteiger partial charge in [0.1, 0.15) is 0 Å². The molecule has 0 radical (unpaired) electrons. The lowest BCUT2D eigenvalue weighted by Gasteiger charge is -2.08. The molecule has 1 fully saturated rings. The summed E-state index contributed by atoms with van der Waals surface area (Å²) in [6.07, 6.45) is 2.52. The average molecular weight is 157 g/mol. The van der Waals surface area contributed by atoms with Gasteiger partial charge in [-0.25, -0.2) is 0 Å². The van der Waals surface area contributed by atoms with Gasteiger partial charge in [-0.15, -0.1) is 0 Å². The standard InChI is InChI=1S/C8H15NO2/c1-2-3-8(10)9-7-4-5-11-6-7/h7H,2-6H2,1H3,(H,9,10)/t7-/m0/s1. The van der Waals surface area contributed by atoms with Gasteiger partial charge < -0.3 is 10.1 Å². The molecule has 1 N–H and O–H groups in total. The first-order chi connectivity index (χ1) is 5.33. The largest absolute Gasteiger partial charge is 0.379 e. The fourth-order valence-electron chi connectivity index (χ4n) is 1.18. The Labute approximate surface area is 67.1 Å². The van der Waals surface area contributed by atoms with Crippen molar-refractivity contribution in [1.29, 1.82) is 0 Å². The molecule has 0 aromatic rings. The lowest BCUT2D eigenvalue weighted by atomic mass is 10.2. The molecule has 0 unspecified atom stereocenters. The second-order valence-electron chi connectivity index (χ2n) is 2.88. The SMILES string of the molecule is CCCC(=O)N[C@H]1CCOC1. The van der Waals surface area contributed by atoms with Crippen molar-refractivity contribution in [2.45, 2.75) is 32.2 Å². The average Bonchev–Trinajstić information content (AvgIpc) is 2.40.